The number of methoxy groups -OCH3 is 1. The molecule has 0 aromatic heterocycles. The summed E-state index contributed by atoms with van der Waals surface area (Å²) < 4.78 is 30.3. The number of carbonyl (C=O) groups excluding carboxylic acids is 2. The highest BCUT2D eigenvalue weighted by molar-refractivity contribution is 8.14. The molecule has 2 saturated heterocycles. The molecule has 0 radical (unpaired) electrons. The van der Waals surface area contributed by atoms with E-state index in [-0.39, 0.29) is 34.5 Å². The Morgan fingerprint density at radius 3 is 2.54 bits per heavy atom. The zero-order valence-corrected chi connectivity index (χ0v) is 26.0. The zero-order chi connectivity index (χ0) is 29.2. The Balaban J connectivity index is 1.38. The van der Waals surface area contributed by atoms with Crippen LogP contribution in [0.25, 0.3) is 0 Å². The summed E-state index contributed by atoms with van der Waals surface area (Å²) in [6.45, 7) is 12.1. The average Bonchev–Trinajstić information content (AvgIpc) is 3.55. The molecule has 6 rings (SSSR count). The number of nitrogens with zero attached hydrogens (tertiary/aromatic N) is 1. The van der Waals surface area contributed by atoms with Crippen molar-refractivity contribution in [2.24, 2.45) is 0 Å². The minimum atomic E-state index is -1.34. The van der Waals surface area contributed by atoms with E-state index in [1.165, 1.54) is 17.3 Å². The van der Waals surface area contributed by atoms with Crippen LogP contribution in [-0.4, -0.2) is 70.6 Å². The maximum atomic E-state index is 14.4. The summed E-state index contributed by atoms with van der Waals surface area (Å²) >= 11 is 1.25. The normalized spacial score (nSPS) is 31.9. The second-order valence-electron chi connectivity index (χ2n) is 13.8. The number of ether oxygens (including phenoxy) is 5. The number of benzene rings is 1. The Morgan fingerprint density at radius 1 is 1.07 bits per heavy atom. The second kappa shape index (κ2) is 10.2. The van der Waals surface area contributed by atoms with Crippen LogP contribution in [-0.2, 0) is 30.2 Å². The summed E-state index contributed by atoms with van der Waals surface area (Å²) in [5.74, 6) is 1.48. The number of fused-ring (bicyclic) bond motifs is 3. The molecular formula is C32H43NO7S. The highest BCUT2D eigenvalue weighted by Gasteiger charge is 2.60. The first kappa shape index (κ1) is 28.9. The number of carbonyl (C=O) groups is 2. The molecule has 0 amide bonds. The van der Waals surface area contributed by atoms with Gasteiger partial charge in [-0.05, 0) is 88.3 Å². The molecule has 0 saturated carbocycles. The van der Waals surface area contributed by atoms with Gasteiger partial charge in [0.05, 0.1) is 30.6 Å². The highest BCUT2D eigenvalue weighted by atomic mass is 32.2. The quantitative estimate of drug-likeness (QED) is 0.415. The SMILES string of the molecule is COC1=C[C@@]23CCCN2CCc2cc4c(cc2[C@@H]3C1OC(=O)[C@@]1(CC(=O)SC(C)(C)C)CCCC(C)(C)O1)OCO4. The van der Waals surface area contributed by atoms with Crippen molar-refractivity contribution in [3.8, 4) is 11.5 Å². The zero-order valence-electron chi connectivity index (χ0n) is 25.2. The van der Waals surface area contributed by atoms with Gasteiger partial charge in [-0.3, -0.25) is 9.69 Å². The maximum absolute atomic E-state index is 14.4. The summed E-state index contributed by atoms with van der Waals surface area (Å²) in [7, 11) is 1.65. The molecule has 9 heteroatoms. The topological polar surface area (TPSA) is 83.5 Å². The van der Waals surface area contributed by atoms with E-state index in [1.807, 2.05) is 34.6 Å². The minimum absolute atomic E-state index is 0.0207. The first-order chi connectivity index (χ1) is 19.3. The third kappa shape index (κ3) is 5.16. The van der Waals surface area contributed by atoms with E-state index in [0.717, 1.165) is 62.3 Å². The first-order valence-electron chi connectivity index (χ1n) is 14.9. The van der Waals surface area contributed by atoms with Gasteiger partial charge in [0, 0.05) is 11.3 Å². The van der Waals surface area contributed by atoms with Crippen LogP contribution in [0.2, 0.25) is 0 Å². The number of thioether (sulfide) groups is 1. The van der Waals surface area contributed by atoms with Crippen molar-refractivity contribution in [3.63, 3.8) is 0 Å². The standard InChI is InChI=1S/C32H43NO7S/c1-29(2,3)41-25(34)18-32(12-7-10-30(4,5)40-32)28(35)39-27-24(36-6)17-31-11-8-13-33(31)14-9-20-15-22-23(38-19-37-22)16-21(20)26(27)31/h15-17,26-27H,7-14,18-19H2,1-6H3/t26-,27?,31-,32+/m1/s1. The third-order valence-corrected chi connectivity index (χ3v) is 10.2. The van der Waals surface area contributed by atoms with Gasteiger partial charge in [-0.2, -0.15) is 0 Å². The number of rotatable bonds is 5. The van der Waals surface area contributed by atoms with Gasteiger partial charge in [0.1, 0.15) is 5.76 Å². The summed E-state index contributed by atoms with van der Waals surface area (Å²) in [5, 5.41) is -0.0629. The second-order valence-corrected chi connectivity index (χ2v) is 15.6. The van der Waals surface area contributed by atoms with Crippen molar-refractivity contribution in [1.29, 1.82) is 0 Å². The van der Waals surface area contributed by atoms with Gasteiger partial charge in [-0.1, -0.05) is 32.5 Å². The molecule has 4 heterocycles. The van der Waals surface area contributed by atoms with Gasteiger partial charge in [0.15, 0.2) is 28.3 Å². The summed E-state index contributed by atoms with van der Waals surface area (Å²) in [6.07, 6.45) is 6.45. The van der Waals surface area contributed by atoms with E-state index in [0.29, 0.717) is 12.2 Å². The fraction of sp³-hybridized carbons (Fsp3) is 0.688. The molecule has 4 aliphatic heterocycles. The smallest absolute Gasteiger partial charge is 0.339 e. The highest BCUT2D eigenvalue weighted by Crippen LogP contribution is 2.56. The molecule has 224 valence electrons. The molecule has 1 aliphatic carbocycles. The van der Waals surface area contributed by atoms with Crippen LogP contribution in [0, 0.1) is 0 Å². The van der Waals surface area contributed by atoms with Crippen LogP contribution in [0.3, 0.4) is 0 Å². The monoisotopic (exact) mass is 585 g/mol. The predicted molar refractivity (Wildman–Crippen MR) is 156 cm³/mol. The van der Waals surface area contributed by atoms with Crippen molar-refractivity contribution in [3.05, 3.63) is 35.1 Å². The van der Waals surface area contributed by atoms with Crippen molar-refractivity contribution in [1.82, 2.24) is 4.90 Å². The van der Waals surface area contributed by atoms with Crippen molar-refractivity contribution in [2.75, 3.05) is 27.0 Å². The molecule has 1 aromatic carbocycles. The molecule has 2 fully saturated rings. The molecule has 0 bridgehead atoms. The lowest BCUT2D eigenvalue weighted by Gasteiger charge is -2.44. The van der Waals surface area contributed by atoms with Crippen LogP contribution >= 0.6 is 11.8 Å². The van der Waals surface area contributed by atoms with Gasteiger partial charge in [0.2, 0.25) is 6.79 Å². The summed E-state index contributed by atoms with van der Waals surface area (Å²) in [5.41, 5.74) is 0.0752. The lowest BCUT2D eigenvalue weighted by molar-refractivity contribution is -0.213. The van der Waals surface area contributed by atoms with Crippen molar-refractivity contribution < 1.29 is 33.3 Å². The van der Waals surface area contributed by atoms with Crippen LogP contribution in [0.15, 0.2) is 24.0 Å². The van der Waals surface area contributed by atoms with E-state index in [1.54, 1.807) is 7.11 Å². The minimum Gasteiger partial charge on any atom is -0.497 e. The van der Waals surface area contributed by atoms with E-state index in [9.17, 15) is 9.59 Å². The molecule has 0 N–H and O–H groups in total. The molecule has 4 atom stereocenters. The fourth-order valence-corrected chi connectivity index (χ4v) is 8.69. The molecule has 1 aromatic rings. The number of esters is 1. The molecule has 1 unspecified atom stereocenters. The Labute approximate surface area is 247 Å². The molecule has 5 aliphatic rings. The lowest BCUT2D eigenvalue weighted by atomic mass is 9.77. The Kier molecular flexibility index (Phi) is 7.18. The van der Waals surface area contributed by atoms with Gasteiger partial charge >= 0.3 is 5.97 Å². The molecule has 1 spiro atoms. The van der Waals surface area contributed by atoms with E-state index >= 15 is 0 Å². The average molecular weight is 586 g/mol. The third-order valence-electron chi connectivity index (χ3n) is 9.25. The first-order valence-corrected chi connectivity index (χ1v) is 15.7. The summed E-state index contributed by atoms with van der Waals surface area (Å²) in [4.78, 5) is 30.3. The van der Waals surface area contributed by atoms with Gasteiger partial charge in [0.25, 0.3) is 0 Å². The lowest BCUT2D eigenvalue weighted by Crippen LogP contribution is -2.54. The number of hydrogen-bond acceptors (Lipinski definition) is 9. The van der Waals surface area contributed by atoms with Crippen LogP contribution in [0.5, 0.6) is 11.5 Å². The van der Waals surface area contributed by atoms with E-state index < -0.39 is 23.3 Å². The maximum Gasteiger partial charge on any atom is 0.339 e. The Bertz CT molecular complexity index is 1270. The van der Waals surface area contributed by atoms with Crippen LogP contribution < -0.4 is 9.47 Å². The molecule has 41 heavy (non-hydrogen) atoms. The van der Waals surface area contributed by atoms with Crippen LogP contribution in [0.4, 0.5) is 0 Å². The predicted octanol–water partition coefficient (Wildman–Crippen LogP) is 5.51. The van der Waals surface area contributed by atoms with Crippen molar-refractivity contribution >= 4 is 22.8 Å². The van der Waals surface area contributed by atoms with E-state index in [2.05, 4.69) is 23.1 Å². The van der Waals surface area contributed by atoms with Gasteiger partial charge in [-0.15, -0.1) is 0 Å². The molecular weight excluding hydrogens is 542 g/mol. The van der Waals surface area contributed by atoms with Gasteiger partial charge < -0.3 is 23.7 Å². The Hall–Kier alpha value is -2.23. The largest absolute Gasteiger partial charge is 0.497 e. The molecule has 8 nitrogen and oxygen atoms in total. The van der Waals surface area contributed by atoms with E-state index in [4.69, 9.17) is 23.7 Å². The van der Waals surface area contributed by atoms with Crippen molar-refractivity contribution in [2.45, 2.75) is 113 Å². The fourth-order valence-electron chi connectivity index (χ4n) is 7.70. The summed E-state index contributed by atoms with van der Waals surface area (Å²) in [6, 6.07) is 4.17. The Morgan fingerprint density at radius 2 is 1.83 bits per heavy atom. The van der Waals surface area contributed by atoms with Gasteiger partial charge in [-0.25, -0.2) is 4.79 Å². The number of hydrogen-bond donors (Lipinski definition) is 0. The van der Waals surface area contributed by atoms with Crippen LogP contribution in [0.1, 0.15) is 90.2 Å².